The average molecular weight is 271 g/mol. The number of benzene rings is 1. The number of hydrogen-bond donors (Lipinski definition) is 0. The molecule has 0 radical (unpaired) electrons. The summed E-state index contributed by atoms with van der Waals surface area (Å²) >= 11 is 0. The maximum absolute atomic E-state index is 12.3. The number of hydrogen-bond acceptors (Lipinski definition) is 3. The van der Waals surface area contributed by atoms with Gasteiger partial charge in [0.05, 0.1) is 23.1 Å². The van der Waals surface area contributed by atoms with Gasteiger partial charge in [-0.25, -0.2) is 9.69 Å². The molecule has 2 saturated heterocycles. The van der Waals surface area contributed by atoms with E-state index in [2.05, 4.69) is 13.5 Å². The van der Waals surface area contributed by atoms with E-state index in [1.807, 2.05) is 30.3 Å². The normalized spacial score (nSPS) is 38.9. The van der Waals surface area contributed by atoms with Gasteiger partial charge in [-0.2, -0.15) is 0 Å². The number of anilines is 1. The molecular weight excluding hydrogens is 254 g/mol. The van der Waals surface area contributed by atoms with Gasteiger partial charge in [-0.05, 0) is 31.9 Å². The van der Waals surface area contributed by atoms with Gasteiger partial charge in [0, 0.05) is 6.42 Å². The Labute approximate surface area is 118 Å². The molecule has 3 unspecified atom stereocenters. The summed E-state index contributed by atoms with van der Waals surface area (Å²) in [4.78, 5) is 13.8. The van der Waals surface area contributed by atoms with E-state index in [1.54, 1.807) is 4.90 Å². The lowest BCUT2D eigenvalue weighted by molar-refractivity contribution is 0.0429. The molecule has 1 aromatic rings. The van der Waals surface area contributed by atoms with Crippen LogP contribution in [-0.2, 0) is 9.47 Å². The lowest BCUT2D eigenvalue weighted by Crippen LogP contribution is -2.39. The summed E-state index contributed by atoms with van der Waals surface area (Å²) in [6.07, 6.45) is 2.28. The van der Waals surface area contributed by atoms with Crippen molar-refractivity contribution in [1.82, 2.24) is 0 Å². The highest BCUT2D eigenvalue weighted by Crippen LogP contribution is 2.56. The Bertz CT molecular complexity index is 599. The topological polar surface area (TPSA) is 42.1 Å². The highest BCUT2D eigenvalue weighted by atomic mass is 16.6. The zero-order valence-electron chi connectivity index (χ0n) is 11.5. The van der Waals surface area contributed by atoms with E-state index >= 15 is 0 Å². The predicted octanol–water partition coefficient (Wildman–Crippen LogP) is 3.24. The second-order valence-electron chi connectivity index (χ2n) is 6.10. The van der Waals surface area contributed by atoms with Crippen LogP contribution in [-0.4, -0.2) is 23.4 Å². The molecule has 0 aromatic heterocycles. The highest BCUT2D eigenvalue weighted by Gasteiger charge is 2.64. The van der Waals surface area contributed by atoms with Crippen LogP contribution < -0.4 is 4.90 Å². The molecular formula is C16H17NO3. The molecule has 3 aliphatic rings. The van der Waals surface area contributed by atoms with Gasteiger partial charge < -0.3 is 9.47 Å². The number of nitrogens with zero attached hydrogens (tertiary/aromatic N) is 1. The molecule has 1 aromatic carbocycles. The third kappa shape index (κ3) is 1.48. The van der Waals surface area contributed by atoms with Crippen LogP contribution in [0.2, 0.25) is 0 Å². The van der Waals surface area contributed by atoms with E-state index in [0.29, 0.717) is 0 Å². The molecule has 2 heterocycles. The zero-order valence-corrected chi connectivity index (χ0v) is 11.5. The predicted molar refractivity (Wildman–Crippen MR) is 74.4 cm³/mol. The Morgan fingerprint density at radius 3 is 2.75 bits per heavy atom. The summed E-state index contributed by atoms with van der Waals surface area (Å²) in [6.45, 7) is 6.26. The molecule has 3 atom stereocenters. The van der Waals surface area contributed by atoms with E-state index in [4.69, 9.17) is 9.47 Å². The van der Waals surface area contributed by atoms with E-state index in [1.165, 1.54) is 0 Å². The van der Waals surface area contributed by atoms with Crippen molar-refractivity contribution in [3.8, 4) is 0 Å². The van der Waals surface area contributed by atoms with Crippen molar-refractivity contribution in [3.63, 3.8) is 0 Å². The maximum atomic E-state index is 12.3. The van der Waals surface area contributed by atoms with Gasteiger partial charge in [0.1, 0.15) is 0 Å². The lowest BCUT2D eigenvalue weighted by Gasteiger charge is -2.32. The SMILES string of the molecule is C=C1N(c2ccccc2)C(=O)OC12CCC1(C)OC1C2. The van der Waals surface area contributed by atoms with Gasteiger partial charge in [0.2, 0.25) is 0 Å². The van der Waals surface area contributed by atoms with Crippen LogP contribution in [0.15, 0.2) is 42.6 Å². The maximum Gasteiger partial charge on any atom is 0.419 e. The molecule has 2 aliphatic heterocycles. The molecule has 20 heavy (non-hydrogen) atoms. The van der Waals surface area contributed by atoms with Crippen LogP contribution in [0.25, 0.3) is 0 Å². The minimum atomic E-state index is -0.576. The first-order valence-electron chi connectivity index (χ1n) is 6.99. The fourth-order valence-corrected chi connectivity index (χ4v) is 3.40. The largest absolute Gasteiger partial charge is 0.436 e. The van der Waals surface area contributed by atoms with Crippen LogP contribution in [0, 0.1) is 0 Å². The van der Waals surface area contributed by atoms with Gasteiger partial charge in [-0.3, -0.25) is 0 Å². The monoisotopic (exact) mass is 271 g/mol. The molecule has 4 heteroatoms. The van der Waals surface area contributed by atoms with Gasteiger partial charge in [0.25, 0.3) is 0 Å². The van der Waals surface area contributed by atoms with Crippen molar-refractivity contribution >= 4 is 11.8 Å². The number of amides is 1. The first-order valence-corrected chi connectivity index (χ1v) is 6.99. The number of carbonyl (C=O) groups excluding carboxylic acids is 1. The zero-order chi connectivity index (χ0) is 14.0. The Balaban J connectivity index is 1.66. The van der Waals surface area contributed by atoms with Crippen LogP contribution >= 0.6 is 0 Å². The molecule has 1 amide bonds. The number of rotatable bonds is 1. The van der Waals surface area contributed by atoms with Gasteiger partial charge in [0.15, 0.2) is 5.60 Å². The van der Waals surface area contributed by atoms with Crippen LogP contribution in [0.3, 0.4) is 0 Å². The first kappa shape index (κ1) is 12.0. The van der Waals surface area contributed by atoms with Crippen molar-refractivity contribution in [2.75, 3.05) is 4.90 Å². The van der Waals surface area contributed by atoms with Crippen molar-refractivity contribution in [3.05, 3.63) is 42.6 Å². The molecule has 4 nitrogen and oxygen atoms in total. The Hall–Kier alpha value is -1.81. The molecule has 0 N–H and O–H groups in total. The van der Waals surface area contributed by atoms with Crippen LogP contribution in [0.4, 0.5) is 10.5 Å². The van der Waals surface area contributed by atoms with E-state index in [-0.39, 0.29) is 17.8 Å². The third-order valence-electron chi connectivity index (χ3n) is 4.85. The number of para-hydroxylation sites is 1. The number of carbonyl (C=O) groups is 1. The van der Waals surface area contributed by atoms with E-state index in [9.17, 15) is 4.79 Å². The summed E-state index contributed by atoms with van der Waals surface area (Å²) in [7, 11) is 0. The summed E-state index contributed by atoms with van der Waals surface area (Å²) in [6, 6.07) is 9.53. The fraction of sp³-hybridized carbons (Fsp3) is 0.438. The van der Waals surface area contributed by atoms with Gasteiger partial charge in [-0.15, -0.1) is 0 Å². The average Bonchev–Trinajstić information content (AvgIpc) is 3.03. The van der Waals surface area contributed by atoms with Crippen molar-refractivity contribution < 1.29 is 14.3 Å². The summed E-state index contributed by atoms with van der Waals surface area (Å²) in [5, 5.41) is 0. The molecule has 1 saturated carbocycles. The minimum Gasteiger partial charge on any atom is -0.436 e. The highest BCUT2D eigenvalue weighted by molar-refractivity contribution is 5.95. The standard InChI is InChI=1S/C16H17NO3/c1-11-16(9-8-15(2)13(10-16)19-15)20-14(18)17(11)12-6-4-3-5-7-12/h3-7,13H,1,8-10H2,2H3. The van der Waals surface area contributed by atoms with Crippen molar-refractivity contribution in [1.29, 1.82) is 0 Å². The summed E-state index contributed by atoms with van der Waals surface area (Å²) < 4.78 is 11.4. The second kappa shape index (κ2) is 3.64. The Morgan fingerprint density at radius 1 is 1.30 bits per heavy atom. The van der Waals surface area contributed by atoms with E-state index < -0.39 is 5.60 Å². The fourth-order valence-electron chi connectivity index (χ4n) is 3.40. The molecule has 1 spiro atoms. The summed E-state index contributed by atoms with van der Waals surface area (Å²) in [5.41, 5.74) is 0.974. The van der Waals surface area contributed by atoms with Crippen LogP contribution in [0.1, 0.15) is 26.2 Å². The molecule has 3 fully saturated rings. The molecule has 4 rings (SSSR count). The number of fused-ring (bicyclic) bond motifs is 1. The lowest BCUT2D eigenvalue weighted by atomic mass is 9.78. The number of ether oxygens (including phenoxy) is 2. The smallest absolute Gasteiger partial charge is 0.419 e. The van der Waals surface area contributed by atoms with E-state index in [0.717, 1.165) is 30.6 Å². The third-order valence-corrected chi connectivity index (χ3v) is 4.85. The summed E-state index contributed by atoms with van der Waals surface area (Å²) in [5.74, 6) is 0. The Morgan fingerprint density at radius 2 is 2.05 bits per heavy atom. The van der Waals surface area contributed by atoms with Crippen molar-refractivity contribution in [2.24, 2.45) is 0 Å². The second-order valence-corrected chi connectivity index (χ2v) is 6.10. The Kier molecular flexibility index (Phi) is 2.18. The molecule has 104 valence electrons. The van der Waals surface area contributed by atoms with Gasteiger partial charge in [-0.1, -0.05) is 24.8 Å². The minimum absolute atomic E-state index is 0.00188. The van der Waals surface area contributed by atoms with Crippen LogP contribution in [0.5, 0.6) is 0 Å². The molecule has 0 bridgehead atoms. The van der Waals surface area contributed by atoms with Gasteiger partial charge >= 0.3 is 6.09 Å². The first-order chi connectivity index (χ1) is 9.54. The molecule has 1 aliphatic carbocycles. The quantitative estimate of drug-likeness (QED) is 0.736. The number of epoxide rings is 1. The van der Waals surface area contributed by atoms with Crippen molar-refractivity contribution in [2.45, 2.75) is 43.5 Å².